The minimum Gasteiger partial charge on any atom is -0.380 e. The van der Waals surface area contributed by atoms with Crippen molar-refractivity contribution in [3.05, 3.63) is 0 Å². The van der Waals surface area contributed by atoms with Gasteiger partial charge in [0.05, 0.1) is 12.5 Å². The second kappa shape index (κ2) is 6.68. The van der Waals surface area contributed by atoms with Crippen LogP contribution in [-0.2, 0) is 9.53 Å². The number of nitrogens with two attached hydrogens (primary N) is 1. The van der Waals surface area contributed by atoms with Crippen molar-refractivity contribution in [2.75, 3.05) is 33.3 Å². The van der Waals surface area contributed by atoms with Gasteiger partial charge < -0.3 is 20.3 Å². The molecule has 5 nitrogen and oxygen atoms in total. The van der Waals surface area contributed by atoms with Gasteiger partial charge in [-0.2, -0.15) is 0 Å². The van der Waals surface area contributed by atoms with E-state index in [0.717, 1.165) is 38.9 Å². The van der Waals surface area contributed by atoms with Gasteiger partial charge in [0.2, 0.25) is 5.91 Å². The second-order valence-corrected chi connectivity index (χ2v) is 5.67. The molecular formula is C14H27N3O2. The van der Waals surface area contributed by atoms with Crippen molar-refractivity contribution in [2.24, 2.45) is 5.73 Å². The molecule has 2 aliphatic heterocycles. The highest BCUT2D eigenvalue weighted by Crippen LogP contribution is 2.31. The maximum Gasteiger partial charge on any atom is 0.225 e. The van der Waals surface area contributed by atoms with Crippen LogP contribution in [0.4, 0.5) is 0 Å². The van der Waals surface area contributed by atoms with E-state index in [0.29, 0.717) is 25.0 Å². The van der Waals surface area contributed by atoms with E-state index in [1.165, 1.54) is 0 Å². The van der Waals surface area contributed by atoms with Crippen molar-refractivity contribution in [1.29, 1.82) is 0 Å². The SMILES string of the molecule is CCN1CCC2CCC(C1)N2C(=O)CC(CN)OC. The maximum atomic E-state index is 12.5. The van der Waals surface area contributed by atoms with Gasteiger partial charge in [0.15, 0.2) is 0 Å². The number of methoxy groups -OCH3 is 1. The predicted octanol–water partition coefficient (Wildman–Crippen LogP) is 0.435. The summed E-state index contributed by atoms with van der Waals surface area (Å²) in [6.07, 6.45) is 3.70. The van der Waals surface area contributed by atoms with E-state index in [-0.39, 0.29) is 12.0 Å². The molecule has 2 bridgehead atoms. The monoisotopic (exact) mass is 269 g/mol. The fourth-order valence-corrected chi connectivity index (χ4v) is 3.40. The Labute approximate surface area is 116 Å². The minimum atomic E-state index is -0.141. The van der Waals surface area contributed by atoms with Crippen molar-refractivity contribution < 1.29 is 9.53 Å². The summed E-state index contributed by atoms with van der Waals surface area (Å²) in [5.74, 6) is 0.225. The summed E-state index contributed by atoms with van der Waals surface area (Å²) in [7, 11) is 1.63. The molecule has 2 aliphatic rings. The highest BCUT2D eigenvalue weighted by molar-refractivity contribution is 5.78. The number of carbonyl (C=O) groups is 1. The molecule has 5 heteroatoms. The zero-order valence-electron chi connectivity index (χ0n) is 12.2. The van der Waals surface area contributed by atoms with E-state index >= 15 is 0 Å². The van der Waals surface area contributed by atoms with Crippen molar-refractivity contribution in [3.8, 4) is 0 Å². The summed E-state index contributed by atoms with van der Waals surface area (Å²) in [5, 5.41) is 0. The molecule has 0 aromatic rings. The van der Waals surface area contributed by atoms with Crippen LogP contribution in [-0.4, -0.2) is 67.2 Å². The fourth-order valence-electron chi connectivity index (χ4n) is 3.40. The number of hydrogen-bond acceptors (Lipinski definition) is 4. The predicted molar refractivity (Wildman–Crippen MR) is 74.9 cm³/mol. The number of likely N-dealkylation sites (tertiary alicyclic amines) is 1. The number of hydrogen-bond donors (Lipinski definition) is 1. The lowest BCUT2D eigenvalue weighted by Crippen LogP contribution is -2.45. The summed E-state index contributed by atoms with van der Waals surface area (Å²) >= 11 is 0. The first-order valence-electron chi connectivity index (χ1n) is 7.46. The van der Waals surface area contributed by atoms with E-state index in [9.17, 15) is 4.79 Å². The molecule has 0 radical (unpaired) electrons. The van der Waals surface area contributed by atoms with Gasteiger partial charge in [-0.3, -0.25) is 4.79 Å². The van der Waals surface area contributed by atoms with Gasteiger partial charge in [0.25, 0.3) is 0 Å². The van der Waals surface area contributed by atoms with Gasteiger partial charge in [0, 0.05) is 38.8 Å². The maximum absolute atomic E-state index is 12.5. The van der Waals surface area contributed by atoms with Crippen molar-refractivity contribution in [1.82, 2.24) is 9.80 Å². The fraction of sp³-hybridized carbons (Fsp3) is 0.929. The van der Waals surface area contributed by atoms with Crippen LogP contribution < -0.4 is 5.73 Å². The van der Waals surface area contributed by atoms with Gasteiger partial charge in [-0.1, -0.05) is 6.92 Å². The van der Waals surface area contributed by atoms with Crippen molar-refractivity contribution >= 4 is 5.91 Å². The Morgan fingerprint density at radius 2 is 2.11 bits per heavy atom. The number of likely N-dealkylation sites (N-methyl/N-ethyl adjacent to an activating group) is 1. The lowest BCUT2D eigenvalue weighted by molar-refractivity contribution is -0.136. The average molecular weight is 269 g/mol. The third-order valence-electron chi connectivity index (χ3n) is 4.60. The number of fused-ring (bicyclic) bond motifs is 2. The van der Waals surface area contributed by atoms with Gasteiger partial charge in [-0.05, 0) is 25.8 Å². The lowest BCUT2D eigenvalue weighted by atomic mass is 10.1. The Morgan fingerprint density at radius 1 is 1.37 bits per heavy atom. The van der Waals surface area contributed by atoms with Crippen LogP contribution in [0.5, 0.6) is 0 Å². The number of amides is 1. The first-order chi connectivity index (χ1) is 9.19. The summed E-state index contributed by atoms with van der Waals surface area (Å²) < 4.78 is 5.24. The molecular weight excluding hydrogens is 242 g/mol. The number of rotatable bonds is 5. The standard InChI is InChI=1S/C14H27N3O2/c1-3-16-7-6-11-4-5-12(10-16)17(11)14(18)8-13(9-15)19-2/h11-13H,3-10,15H2,1-2H3. The molecule has 2 saturated heterocycles. The Balaban J connectivity index is 2.00. The van der Waals surface area contributed by atoms with Crippen LogP contribution in [0.3, 0.4) is 0 Å². The third-order valence-corrected chi connectivity index (χ3v) is 4.60. The topological polar surface area (TPSA) is 58.8 Å². The summed E-state index contributed by atoms with van der Waals surface area (Å²) in [4.78, 5) is 17.1. The quantitative estimate of drug-likeness (QED) is 0.786. The molecule has 2 N–H and O–H groups in total. The summed E-state index contributed by atoms with van der Waals surface area (Å²) in [6.45, 7) is 5.83. The largest absolute Gasteiger partial charge is 0.380 e. The first kappa shape index (κ1) is 14.8. The smallest absolute Gasteiger partial charge is 0.225 e. The Kier molecular flexibility index (Phi) is 5.19. The molecule has 0 saturated carbocycles. The zero-order chi connectivity index (χ0) is 13.8. The molecule has 19 heavy (non-hydrogen) atoms. The molecule has 2 rings (SSSR count). The van der Waals surface area contributed by atoms with Crippen LogP contribution in [0.1, 0.15) is 32.6 Å². The molecule has 0 aliphatic carbocycles. The van der Waals surface area contributed by atoms with Crippen LogP contribution in [0.15, 0.2) is 0 Å². The van der Waals surface area contributed by atoms with Gasteiger partial charge in [-0.25, -0.2) is 0 Å². The molecule has 0 aromatic carbocycles. The third kappa shape index (κ3) is 3.27. The Bertz CT molecular complexity index is 307. The van der Waals surface area contributed by atoms with E-state index in [2.05, 4.69) is 16.7 Å². The molecule has 0 aromatic heterocycles. The van der Waals surface area contributed by atoms with Crippen LogP contribution in [0, 0.1) is 0 Å². The molecule has 3 atom stereocenters. The normalized spacial score (nSPS) is 29.3. The van der Waals surface area contributed by atoms with Crippen molar-refractivity contribution in [3.63, 3.8) is 0 Å². The second-order valence-electron chi connectivity index (χ2n) is 5.67. The molecule has 2 heterocycles. The molecule has 110 valence electrons. The van der Waals surface area contributed by atoms with Crippen LogP contribution in [0.25, 0.3) is 0 Å². The average Bonchev–Trinajstić information content (AvgIpc) is 2.71. The van der Waals surface area contributed by atoms with E-state index in [1.807, 2.05) is 0 Å². The highest BCUT2D eigenvalue weighted by atomic mass is 16.5. The first-order valence-corrected chi connectivity index (χ1v) is 7.46. The number of nitrogens with zero attached hydrogens (tertiary/aromatic N) is 2. The Hall–Kier alpha value is -0.650. The highest BCUT2D eigenvalue weighted by Gasteiger charge is 2.39. The summed E-state index contributed by atoms with van der Waals surface area (Å²) in [5.41, 5.74) is 5.62. The van der Waals surface area contributed by atoms with E-state index in [1.54, 1.807) is 7.11 Å². The molecule has 1 amide bonds. The van der Waals surface area contributed by atoms with E-state index in [4.69, 9.17) is 10.5 Å². The summed E-state index contributed by atoms with van der Waals surface area (Å²) in [6, 6.07) is 0.833. The van der Waals surface area contributed by atoms with E-state index < -0.39 is 0 Å². The number of ether oxygens (including phenoxy) is 1. The number of carbonyl (C=O) groups excluding carboxylic acids is 1. The lowest BCUT2D eigenvalue weighted by Gasteiger charge is -2.30. The molecule has 3 unspecified atom stereocenters. The van der Waals surface area contributed by atoms with Gasteiger partial charge in [-0.15, -0.1) is 0 Å². The van der Waals surface area contributed by atoms with Crippen LogP contribution >= 0.6 is 0 Å². The van der Waals surface area contributed by atoms with Gasteiger partial charge >= 0.3 is 0 Å². The van der Waals surface area contributed by atoms with Crippen molar-refractivity contribution in [2.45, 2.75) is 50.8 Å². The van der Waals surface area contributed by atoms with Crippen LogP contribution in [0.2, 0.25) is 0 Å². The molecule has 0 spiro atoms. The Morgan fingerprint density at radius 3 is 2.74 bits per heavy atom. The minimum absolute atomic E-state index is 0.141. The molecule has 2 fully saturated rings. The van der Waals surface area contributed by atoms with Gasteiger partial charge in [0.1, 0.15) is 0 Å². The zero-order valence-corrected chi connectivity index (χ0v) is 12.2.